The van der Waals surface area contributed by atoms with Crippen molar-refractivity contribution in [2.45, 2.75) is 25.5 Å². The molecular formula is C11H16S. The third-order valence-corrected chi connectivity index (χ3v) is 2.55. The SMILES string of the molecule is CSCc1cccc(C(C)C)c1. The molecule has 0 aliphatic carbocycles. The predicted molar refractivity (Wildman–Crippen MR) is 57.8 cm³/mol. The highest BCUT2D eigenvalue weighted by atomic mass is 32.2. The maximum Gasteiger partial charge on any atom is 0.0181 e. The van der Waals surface area contributed by atoms with E-state index in [0.29, 0.717) is 5.92 Å². The zero-order valence-electron chi connectivity index (χ0n) is 8.00. The van der Waals surface area contributed by atoms with Crippen LogP contribution in [0.15, 0.2) is 24.3 Å². The summed E-state index contributed by atoms with van der Waals surface area (Å²) in [6.45, 7) is 4.47. The lowest BCUT2D eigenvalue weighted by atomic mass is 10.0. The largest absolute Gasteiger partial charge is 0.161 e. The van der Waals surface area contributed by atoms with Crippen LogP contribution in [0.4, 0.5) is 0 Å². The van der Waals surface area contributed by atoms with Crippen molar-refractivity contribution in [1.82, 2.24) is 0 Å². The van der Waals surface area contributed by atoms with Crippen molar-refractivity contribution in [3.63, 3.8) is 0 Å². The third-order valence-electron chi connectivity index (χ3n) is 1.93. The Morgan fingerprint density at radius 3 is 2.67 bits per heavy atom. The Labute approximate surface area is 79.4 Å². The normalized spacial score (nSPS) is 10.7. The number of benzene rings is 1. The maximum absolute atomic E-state index is 2.31. The van der Waals surface area contributed by atoms with E-state index in [4.69, 9.17) is 0 Å². The lowest BCUT2D eigenvalue weighted by Gasteiger charge is -2.06. The Bertz CT molecular complexity index is 241. The molecule has 1 aromatic rings. The standard InChI is InChI=1S/C11H16S/c1-9(2)11-6-4-5-10(7-11)8-12-3/h4-7,9H,8H2,1-3H3. The second kappa shape index (κ2) is 4.56. The molecule has 0 aliphatic heterocycles. The van der Waals surface area contributed by atoms with Gasteiger partial charge in [0.05, 0.1) is 0 Å². The molecule has 0 amide bonds. The van der Waals surface area contributed by atoms with Gasteiger partial charge in [-0.2, -0.15) is 11.8 Å². The fraction of sp³-hybridized carbons (Fsp3) is 0.455. The minimum Gasteiger partial charge on any atom is -0.161 e. The Morgan fingerprint density at radius 2 is 2.08 bits per heavy atom. The Kier molecular flexibility index (Phi) is 3.67. The lowest BCUT2D eigenvalue weighted by Crippen LogP contribution is -1.88. The van der Waals surface area contributed by atoms with Gasteiger partial charge in [-0.15, -0.1) is 0 Å². The molecule has 0 atom stereocenters. The van der Waals surface area contributed by atoms with Gasteiger partial charge in [0, 0.05) is 5.75 Å². The van der Waals surface area contributed by atoms with Crippen LogP contribution in [0.5, 0.6) is 0 Å². The van der Waals surface area contributed by atoms with Gasteiger partial charge in [-0.05, 0) is 23.3 Å². The number of hydrogen-bond acceptors (Lipinski definition) is 1. The molecule has 0 bridgehead atoms. The van der Waals surface area contributed by atoms with Crippen LogP contribution in [-0.4, -0.2) is 6.26 Å². The molecule has 0 N–H and O–H groups in total. The monoisotopic (exact) mass is 180 g/mol. The van der Waals surface area contributed by atoms with Crippen LogP contribution in [0.3, 0.4) is 0 Å². The van der Waals surface area contributed by atoms with Gasteiger partial charge >= 0.3 is 0 Å². The van der Waals surface area contributed by atoms with Gasteiger partial charge in [0.15, 0.2) is 0 Å². The second-order valence-corrected chi connectivity index (χ2v) is 4.20. The van der Waals surface area contributed by atoms with Crippen LogP contribution < -0.4 is 0 Å². The summed E-state index contributed by atoms with van der Waals surface area (Å²) >= 11 is 1.88. The summed E-state index contributed by atoms with van der Waals surface area (Å²) in [4.78, 5) is 0. The van der Waals surface area contributed by atoms with Crippen LogP contribution in [-0.2, 0) is 5.75 Å². The lowest BCUT2D eigenvalue weighted by molar-refractivity contribution is 0.864. The number of thioether (sulfide) groups is 1. The molecule has 12 heavy (non-hydrogen) atoms. The summed E-state index contributed by atoms with van der Waals surface area (Å²) in [6, 6.07) is 8.86. The molecule has 66 valence electrons. The maximum atomic E-state index is 2.31. The molecule has 0 heterocycles. The first-order valence-electron chi connectivity index (χ1n) is 4.32. The van der Waals surface area contributed by atoms with Crippen molar-refractivity contribution in [3.05, 3.63) is 35.4 Å². The minimum atomic E-state index is 0.645. The zero-order valence-corrected chi connectivity index (χ0v) is 8.82. The van der Waals surface area contributed by atoms with E-state index < -0.39 is 0 Å². The van der Waals surface area contributed by atoms with Crippen molar-refractivity contribution in [1.29, 1.82) is 0 Å². The van der Waals surface area contributed by atoms with E-state index in [1.54, 1.807) is 0 Å². The van der Waals surface area contributed by atoms with Gasteiger partial charge in [0.2, 0.25) is 0 Å². The first kappa shape index (κ1) is 9.66. The summed E-state index contributed by atoms with van der Waals surface area (Å²) in [6.07, 6.45) is 2.14. The molecule has 0 spiro atoms. The van der Waals surface area contributed by atoms with Crippen LogP contribution >= 0.6 is 11.8 Å². The highest BCUT2D eigenvalue weighted by Crippen LogP contribution is 2.17. The van der Waals surface area contributed by atoms with Crippen molar-refractivity contribution in [3.8, 4) is 0 Å². The number of hydrogen-bond donors (Lipinski definition) is 0. The summed E-state index contributed by atoms with van der Waals surface area (Å²) < 4.78 is 0. The van der Waals surface area contributed by atoms with E-state index in [0.717, 1.165) is 5.75 Å². The molecule has 0 aromatic heterocycles. The highest BCUT2D eigenvalue weighted by Gasteiger charge is 1.98. The van der Waals surface area contributed by atoms with Gasteiger partial charge in [0.25, 0.3) is 0 Å². The van der Waals surface area contributed by atoms with Gasteiger partial charge in [-0.25, -0.2) is 0 Å². The first-order valence-corrected chi connectivity index (χ1v) is 5.71. The number of rotatable bonds is 3. The molecule has 0 saturated heterocycles. The van der Waals surface area contributed by atoms with Gasteiger partial charge in [0.1, 0.15) is 0 Å². The molecular weight excluding hydrogens is 164 g/mol. The summed E-state index contributed by atoms with van der Waals surface area (Å²) in [5.41, 5.74) is 2.88. The summed E-state index contributed by atoms with van der Waals surface area (Å²) in [5, 5.41) is 0. The quantitative estimate of drug-likeness (QED) is 0.684. The average Bonchev–Trinajstić information content (AvgIpc) is 2.05. The third kappa shape index (κ3) is 2.56. The predicted octanol–water partition coefficient (Wildman–Crippen LogP) is 3.67. The van der Waals surface area contributed by atoms with Gasteiger partial charge in [-0.3, -0.25) is 0 Å². The molecule has 0 unspecified atom stereocenters. The molecule has 0 fully saturated rings. The van der Waals surface area contributed by atoms with Gasteiger partial charge in [-0.1, -0.05) is 38.1 Å². The van der Waals surface area contributed by atoms with Crippen molar-refractivity contribution in [2.75, 3.05) is 6.26 Å². The van der Waals surface area contributed by atoms with Crippen LogP contribution in [0.2, 0.25) is 0 Å². The molecule has 0 saturated carbocycles. The molecule has 0 aliphatic rings. The molecule has 1 heteroatoms. The molecule has 1 aromatic carbocycles. The smallest absolute Gasteiger partial charge is 0.0181 e. The highest BCUT2D eigenvalue weighted by molar-refractivity contribution is 7.97. The molecule has 0 nitrogen and oxygen atoms in total. The van der Waals surface area contributed by atoms with Crippen LogP contribution in [0, 0.1) is 0 Å². The summed E-state index contributed by atoms with van der Waals surface area (Å²) in [5.74, 6) is 1.77. The van der Waals surface area contributed by atoms with Gasteiger partial charge < -0.3 is 0 Å². The van der Waals surface area contributed by atoms with Crippen molar-refractivity contribution < 1.29 is 0 Å². The zero-order chi connectivity index (χ0) is 8.97. The Hall–Kier alpha value is -0.430. The van der Waals surface area contributed by atoms with Crippen LogP contribution in [0.1, 0.15) is 30.9 Å². The van der Waals surface area contributed by atoms with E-state index in [2.05, 4.69) is 44.4 Å². The average molecular weight is 180 g/mol. The Morgan fingerprint density at radius 1 is 1.33 bits per heavy atom. The van der Waals surface area contributed by atoms with E-state index >= 15 is 0 Å². The topological polar surface area (TPSA) is 0 Å². The van der Waals surface area contributed by atoms with Crippen molar-refractivity contribution >= 4 is 11.8 Å². The van der Waals surface area contributed by atoms with E-state index in [1.165, 1.54) is 11.1 Å². The fourth-order valence-corrected chi connectivity index (χ4v) is 1.72. The Balaban J connectivity index is 2.81. The second-order valence-electron chi connectivity index (χ2n) is 3.33. The van der Waals surface area contributed by atoms with E-state index in [9.17, 15) is 0 Å². The summed E-state index contributed by atoms with van der Waals surface area (Å²) in [7, 11) is 0. The molecule has 1 rings (SSSR count). The first-order chi connectivity index (χ1) is 5.74. The minimum absolute atomic E-state index is 0.645. The van der Waals surface area contributed by atoms with Crippen LogP contribution in [0.25, 0.3) is 0 Å². The fourth-order valence-electron chi connectivity index (χ4n) is 1.21. The molecule has 0 radical (unpaired) electrons. The van der Waals surface area contributed by atoms with E-state index in [1.807, 2.05) is 11.8 Å². The van der Waals surface area contributed by atoms with Crippen molar-refractivity contribution in [2.24, 2.45) is 0 Å². The van der Waals surface area contributed by atoms with E-state index in [-0.39, 0.29) is 0 Å².